The summed E-state index contributed by atoms with van der Waals surface area (Å²) in [6, 6.07) is 11.5. The number of piperazine rings is 1. The van der Waals surface area contributed by atoms with Gasteiger partial charge in [0.25, 0.3) is 0 Å². The first-order valence-electron chi connectivity index (χ1n) is 12.1. The summed E-state index contributed by atoms with van der Waals surface area (Å²) in [5, 5.41) is 5.17. The first-order chi connectivity index (χ1) is 18.1. The van der Waals surface area contributed by atoms with E-state index in [1.807, 2.05) is 46.8 Å². The summed E-state index contributed by atoms with van der Waals surface area (Å²) in [7, 11) is 1.59. The smallest absolute Gasteiger partial charge is 0.414 e. The number of carbonyl (C=O) groups excluding carboxylic acids is 2. The van der Waals surface area contributed by atoms with E-state index < -0.39 is 12.2 Å². The molecule has 1 N–H and O–H groups in total. The highest BCUT2D eigenvalue weighted by molar-refractivity contribution is 8.02. The van der Waals surface area contributed by atoms with Crippen LogP contribution in [-0.4, -0.2) is 72.8 Å². The molecule has 0 unspecified atom stereocenters. The lowest BCUT2D eigenvalue weighted by Gasteiger charge is -2.36. The van der Waals surface area contributed by atoms with Crippen molar-refractivity contribution in [2.45, 2.75) is 17.4 Å². The monoisotopic (exact) mass is 518 g/mol. The lowest BCUT2D eigenvalue weighted by molar-refractivity contribution is -0.133. The van der Waals surface area contributed by atoms with Gasteiger partial charge >= 0.3 is 6.09 Å². The number of hydrogen-bond acceptors (Lipinski definition) is 9. The van der Waals surface area contributed by atoms with Gasteiger partial charge in [0.1, 0.15) is 11.6 Å². The molecule has 0 spiro atoms. The minimum absolute atomic E-state index is 0.00711. The number of fused-ring (bicyclic) bond motifs is 2. The Balaban J connectivity index is 1.07. The lowest BCUT2D eigenvalue weighted by Crippen LogP contribution is -2.49. The maximum Gasteiger partial charge on any atom is 0.414 e. The quantitative estimate of drug-likeness (QED) is 0.542. The van der Waals surface area contributed by atoms with E-state index in [1.54, 1.807) is 36.0 Å². The van der Waals surface area contributed by atoms with E-state index in [2.05, 4.69) is 20.2 Å². The zero-order valence-electron chi connectivity index (χ0n) is 20.3. The van der Waals surface area contributed by atoms with Gasteiger partial charge in [0, 0.05) is 55.2 Å². The number of benzene rings is 1. The second-order valence-electron chi connectivity index (χ2n) is 8.99. The second kappa shape index (κ2) is 9.81. The molecule has 2 amide bonds. The SMILES string of the molecule is COc1ccc2nccc(N3CCN(C(=O)C[C@@H]4CN(c5ccc6c(c5)NC=CS6)C(=O)O4)CC3)c2n1. The Labute approximate surface area is 218 Å². The Morgan fingerprint density at radius 3 is 2.89 bits per heavy atom. The number of hydrogen-bond donors (Lipinski definition) is 1. The van der Waals surface area contributed by atoms with Crippen LogP contribution in [0.2, 0.25) is 0 Å². The van der Waals surface area contributed by atoms with Crippen LogP contribution in [0.4, 0.5) is 21.9 Å². The van der Waals surface area contributed by atoms with E-state index in [0.29, 0.717) is 38.6 Å². The molecule has 11 heteroatoms. The van der Waals surface area contributed by atoms with Crippen molar-refractivity contribution in [1.82, 2.24) is 14.9 Å². The molecule has 1 aromatic carbocycles. The van der Waals surface area contributed by atoms with Crippen molar-refractivity contribution in [2.75, 3.05) is 55.0 Å². The summed E-state index contributed by atoms with van der Waals surface area (Å²) in [6.45, 7) is 2.87. The summed E-state index contributed by atoms with van der Waals surface area (Å²) in [4.78, 5) is 41.4. The van der Waals surface area contributed by atoms with Crippen molar-refractivity contribution in [3.05, 3.63) is 54.2 Å². The highest BCUT2D eigenvalue weighted by Gasteiger charge is 2.35. The average molecular weight is 519 g/mol. The molecule has 0 saturated carbocycles. The van der Waals surface area contributed by atoms with Gasteiger partial charge in [0.05, 0.1) is 37.0 Å². The number of carbonyl (C=O) groups is 2. The fourth-order valence-electron chi connectivity index (χ4n) is 4.85. The van der Waals surface area contributed by atoms with Gasteiger partial charge in [-0.2, -0.15) is 0 Å². The molecule has 0 bridgehead atoms. The molecule has 1 atom stereocenters. The summed E-state index contributed by atoms with van der Waals surface area (Å²) in [6.07, 6.45) is 2.91. The van der Waals surface area contributed by atoms with Crippen molar-refractivity contribution in [2.24, 2.45) is 0 Å². The Morgan fingerprint density at radius 2 is 2.05 bits per heavy atom. The summed E-state index contributed by atoms with van der Waals surface area (Å²) in [5.41, 5.74) is 4.27. The highest BCUT2D eigenvalue weighted by Crippen LogP contribution is 2.36. The van der Waals surface area contributed by atoms with E-state index in [0.717, 1.165) is 33.0 Å². The van der Waals surface area contributed by atoms with Crippen LogP contribution in [-0.2, 0) is 9.53 Å². The van der Waals surface area contributed by atoms with Crippen LogP contribution < -0.4 is 19.9 Å². The third-order valence-electron chi connectivity index (χ3n) is 6.77. The third kappa shape index (κ3) is 4.62. The van der Waals surface area contributed by atoms with Crippen LogP contribution in [0.1, 0.15) is 6.42 Å². The van der Waals surface area contributed by atoms with E-state index in [9.17, 15) is 9.59 Å². The summed E-state index contributed by atoms with van der Waals surface area (Å²) >= 11 is 1.62. The van der Waals surface area contributed by atoms with Gasteiger partial charge in [-0.15, -0.1) is 0 Å². The van der Waals surface area contributed by atoms with Crippen LogP contribution in [0.3, 0.4) is 0 Å². The number of cyclic esters (lactones) is 1. The number of aromatic nitrogens is 2. The van der Waals surface area contributed by atoms with Crippen molar-refractivity contribution in [3.63, 3.8) is 0 Å². The number of thioether (sulfide) groups is 1. The van der Waals surface area contributed by atoms with E-state index in [4.69, 9.17) is 9.47 Å². The molecular weight excluding hydrogens is 492 g/mol. The number of ether oxygens (including phenoxy) is 2. The number of methoxy groups -OCH3 is 1. The summed E-state index contributed by atoms with van der Waals surface area (Å²) < 4.78 is 10.8. The van der Waals surface area contributed by atoms with Crippen LogP contribution in [0.5, 0.6) is 5.88 Å². The highest BCUT2D eigenvalue weighted by atomic mass is 32.2. The second-order valence-corrected chi connectivity index (χ2v) is 9.93. The molecule has 6 rings (SSSR count). The molecule has 0 aliphatic carbocycles. The van der Waals surface area contributed by atoms with Crippen molar-refractivity contribution in [3.8, 4) is 5.88 Å². The van der Waals surface area contributed by atoms with Crippen molar-refractivity contribution in [1.29, 1.82) is 0 Å². The molecule has 37 heavy (non-hydrogen) atoms. The molecule has 2 fully saturated rings. The maximum absolute atomic E-state index is 13.1. The molecule has 2 aromatic heterocycles. The van der Waals surface area contributed by atoms with Crippen molar-refractivity contribution < 1.29 is 19.1 Å². The normalized spacial score (nSPS) is 19.0. The standard InChI is InChI=1S/C26H26N6O4S/c1-35-23-5-3-19-25(29-23)21(6-7-27-19)30-9-11-31(12-10-30)24(33)15-18-16-32(26(34)36-18)17-2-4-22-20(14-17)28-8-13-37-22/h2-8,13-14,18,28H,9-12,15-16H2,1H3/t18-/m1/s1. The van der Waals surface area contributed by atoms with E-state index in [1.165, 1.54) is 0 Å². The van der Waals surface area contributed by atoms with Crippen LogP contribution in [0.25, 0.3) is 11.0 Å². The van der Waals surface area contributed by atoms with Gasteiger partial charge in [-0.3, -0.25) is 14.7 Å². The molecule has 190 valence electrons. The number of nitrogens with zero attached hydrogens (tertiary/aromatic N) is 5. The van der Waals surface area contributed by atoms with E-state index in [-0.39, 0.29) is 12.3 Å². The Bertz CT molecular complexity index is 1390. The van der Waals surface area contributed by atoms with Gasteiger partial charge in [-0.25, -0.2) is 9.78 Å². The van der Waals surface area contributed by atoms with E-state index >= 15 is 0 Å². The van der Waals surface area contributed by atoms with Gasteiger partial charge in [0.2, 0.25) is 11.8 Å². The fraction of sp³-hybridized carbons (Fsp3) is 0.308. The zero-order valence-corrected chi connectivity index (χ0v) is 21.1. The molecule has 2 saturated heterocycles. The average Bonchev–Trinajstić information content (AvgIpc) is 3.31. The minimum Gasteiger partial charge on any atom is -0.481 e. The predicted octanol–water partition coefficient (Wildman–Crippen LogP) is 3.69. The molecule has 10 nitrogen and oxygen atoms in total. The molecule has 3 aromatic rings. The van der Waals surface area contributed by atoms with Gasteiger partial charge in [-0.1, -0.05) is 11.8 Å². The number of rotatable bonds is 5. The lowest BCUT2D eigenvalue weighted by atomic mass is 10.2. The van der Waals surface area contributed by atoms with Crippen LogP contribution >= 0.6 is 11.8 Å². The van der Waals surface area contributed by atoms with Crippen LogP contribution in [0, 0.1) is 0 Å². The molecular formula is C26H26N6O4S. The predicted molar refractivity (Wildman–Crippen MR) is 142 cm³/mol. The maximum atomic E-state index is 13.1. The largest absolute Gasteiger partial charge is 0.481 e. The summed E-state index contributed by atoms with van der Waals surface area (Å²) in [5.74, 6) is 0.533. The van der Waals surface area contributed by atoms with Gasteiger partial charge < -0.3 is 24.6 Å². The first-order valence-corrected chi connectivity index (χ1v) is 13.0. The van der Waals surface area contributed by atoms with Gasteiger partial charge in [0.15, 0.2) is 0 Å². The van der Waals surface area contributed by atoms with Crippen molar-refractivity contribution >= 4 is 51.9 Å². The molecule has 0 radical (unpaired) electrons. The minimum atomic E-state index is -0.475. The van der Waals surface area contributed by atoms with Gasteiger partial charge in [-0.05, 0) is 35.7 Å². The zero-order chi connectivity index (χ0) is 25.4. The molecule has 3 aliphatic rings. The number of amides is 2. The number of pyridine rings is 2. The Morgan fingerprint density at radius 1 is 1.19 bits per heavy atom. The molecule has 3 aliphatic heterocycles. The topological polar surface area (TPSA) is 100 Å². The Kier molecular flexibility index (Phi) is 6.21. The van der Waals surface area contributed by atoms with Crippen LogP contribution in [0.15, 0.2) is 59.1 Å². The number of anilines is 3. The molecule has 5 heterocycles. The fourth-order valence-corrected chi connectivity index (χ4v) is 5.53. The number of nitrogens with one attached hydrogen (secondary N) is 1. The first kappa shape index (κ1) is 23.4. The third-order valence-corrected chi connectivity index (χ3v) is 7.65. The Hall–Kier alpha value is -3.99.